The minimum atomic E-state index is 0.0546. The highest BCUT2D eigenvalue weighted by molar-refractivity contribution is 6.19. The van der Waals surface area contributed by atoms with E-state index < -0.39 is 0 Å². The standard InChI is InChI=1S/C7H14BNO2/c1-2-3-9(4-5-10)7(11)6-8/h5H,2-4,6,8H2,1H3. The summed E-state index contributed by atoms with van der Waals surface area (Å²) in [6, 6.07) is 0. The average molecular weight is 155 g/mol. The third kappa shape index (κ3) is 3.81. The number of rotatable bonds is 5. The van der Waals surface area contributed by atoms with Crippen molar-refractivity contribution in [3.05, 3.63) is 0 Å². The number of hydrogen-bond donors (Lipinski definition) is 0. The summed E-state index contributed by atoms with van der Waals surface area (Å²) in [4.78, 5) is 22.8. The van der Waals surface area contributed by atoms with E-state index in [2.05, 4.69) is 0 Å². The van der Waals surface area contributed by atoms with E-state index in [1.165, 1.54) is 0 Å². The van der Waals surface area contributed by atoms with Gasteiger partial charge in [-0.3, -0.25) is 4.79 Å². The van der Waals surface area contributed by atoms with Gasteiger partial charge in [0.2, 0.25) is 5.91 Å². The molecule has 0 aromatic rings. The zero-order valence-electron chi connectivity index (χ0n) is 7.17. The summed E-state index contributed by atoms with van der Waals surface area (Å²) in [5.41, 5.74) is 0. The molecule has 0 saturated heterocycles. The van der Waals surface area contributed by atoms with Crippen molar-refractivity contribution in [2.75, 3.05) is 13.1 Å². The molecule has 0 aliphatic heterocycles. The Balaban J connectivity index is 3.86. The highest BCUT2D eigenvalue weighted by Crippen LogP contribution is 1.93. The van der Waals surface area contributed by atoms with Gasteiger partial charge in [-0.2, -0.15) is 0 Å². The van der Waals surface area contributed by atoms with Gasteiger partial charge in [-0.05, 0) is 12.7 Å². The van der Waals surface area contributed by atoms with Crippen molar-refractivity contribution in [3.63, 3.8) is 0 Å². The molecule has 1 amide bonds. The number of amides is 1. The van der Waals surface area contributed by atoms with Crippen molar-refractivity contribution in [1.82, 2.24) is 4.90 Å². The van der Waals surface area contributed by atoms with Crippen LogP contribution in [0, 0.1) is 0 Å². The Morgan fingerprint density at radius 1 is 1.64 bits per heavy atom. The largest absolute Gasteiger partial charge is 0.336 e. The molecule has 4 heteroatoms. The summed E-state index contributed by atoms with van der Waals surface area (Å²) in [7, 11) is 1.80. The zero-order chi connectivity index (χ0) is 8.69. The molecule has 0 heterocycles. The lowest BCUT2D eigenvalue weighted by Gasteiger charge is -2.17. The topological polar surface area (TPSA) is 37.4 Å². The molecule has 0 aliphatic rings. The van der Waals surface area contributed by atoms with Gasteiger partial charge in [0.15, 0.2) is 0 Å². The van der Waals surface area contributed by atoms with E-state index in [9.17, 15) is 9.59 Å². The van der Waals surface area contributed by atoms with Gasteiger partial charge in [-0.1, -0.05) is 6.92 Å². The van der Waals surface area contributed by atoms with E-state index in [1.54, 1.807) is 12.7 Å². The summed E-state index contributed by atoms with van der Waals surface area (Å²) in [6.07, 6.45) is 2.15. The number of carbonyl (C=O) groups is 2. The molecule has 0 radical (unpaired) electrons. The summed E-state index contributed by atoms with van der Waals surface area (Å²) in [5, 5.41) is 0. The second-order valence-electron chi connectivity index (χ2n) is 2.36. The van der Waals surface area contributed by atoms with Crippen LogP contribution >= 0.6 is 0 Å². The molecule has 62 valence electrons. The van der Waals surface area contributed by atoms with Gasteiger partial charge in [0.1, 0.15) is 14.1 Å². The Bertz CT molecular complexity index is 138. The molecule has 0 fully saturated rings. The Hall–Kier alpha value is -0.795. The van der Waals surface area contributed by atoms with E-state index in [4.69, 9.17) is 0 Å². The summed E-state index contributed by atoms with van der Waals surface area (Å²) in [6.45, 7) is 2.91. The quantitative estimate of drug-likeness (QED) is 0.395. The van der Waals surface area contributed by atoms with Gasteiger partial charge in [0, 0.05) is 6.54 Å². The SMILES string of the molecule is BCC(=O)N(CC=O)CCC. The summed E-state index contributed by atoms with van der Waals surface area (Å²) >= 11 is 0. The molecule has 0 aliphatic carbocycles. The smallest absolute Gasteiger partial charge is 0.215 e. The Morgan fingerprint density at radius 2 is 2.27 bits per heavy atom. The maximum atomic E-state index is 11.1. The van der Waals surface area contributed by atoms with Crippen LogP contribution in [0.4, 0.5) is 0 Å². The normalized spacial score (nSPS) is 9.18. The molecular weight excluding hydrogens is 141 g/mol. The first-order chi connectivity index (χ1) is 5.26. The Kier molecular flexibility index (Phi) is 5.52. The van der Waals surface area contributed by atoms with Crippen LogP contribution in [-0.4, -0.2) is 38.0 Å². The second-order valence-corrected chi connectivity index (χ2v) is 2.36. The number of carbonyl (C=O) groups excluding carboxylic acids is 2. The lowest BCUT2D eigenvalue weighted by molar-refractivity contribution is -0.130. The third-order valence-corrected chi connectivity index (χ3v) is 1.44. The fraction of sp³-hybridized carbons (Fsp3) is 0.714. The monoisotopic (exact) mass is 155 g/mol. The van der Waals surface area contributed by atoms with E-state index >= 15 is 0 Å². The minimum Gasteiger partial charge on any atom is -0.336 e. The van der Waals surface area contributed by atoms with Crippen molar-refractivity contribution >= 4 is 20.0 Å². The third-order valence-electron chi connectivity index (χ3n) is 1.44. The van der Waals surface area contributed by atoms with E-state index in [-0.39, 0.29) is 12.5 Å². The first-order valence-corrected chi connectivity index (χ1v) is 3.97. The predicted octanol–water partition coefficient (Wildman–Crippen LogP) is -0.525. The fourth-order valence-electron chi connectivity index (χ4n) is 0.901. The second kappa shape index (κ2) is 5.95. The van der Waals surface area contributed by atoms with Gasteiger partial charge in [-0.25, -0.2) is 0 Å². The van der Waals surface area contributed by atoms with Crippen LogP contribution in [0.3, 0.4) is 0 Å². The Labute approximate surface area is 68.2 Å². The van der Waals surface area contributed by atoms with E-state index in [0.29, 0.717) is 12.9 Å². The van der Waals surface area contributed by atoms with Crippen LogP contribution in [0.5, 0.6) is 0 Å². The molecule has 0 saturated carbocycles. The maximum Gasteiger partial charge on any atom is 0.215 e. The van der Waals surface area contributed by atoms with Crippen LogP contribution in [-0.2, 0) is 9.59 Å². The molecule has 0 aromatic carbocycles. The van der Waals surface area contributed by atoms with Gasteiger partial charge in [-0.15, -0.1) is 0 Å². The summed E-state index contributed by atoms with van der Waals surface area (Å²) in [5.74, 6) is 0.0546. The lowest BCUT2D eigenvalue weighted by Crippen LogP contribution is -2.32. The number of nitrogens with zero attached hydrogens (tertiary/aromatic N) is 1. The van der Waals surface area contributed by atoms with Crippen molar-refractivity contribution in [3.8, 4) is 0 Å². The van der Waals surface area contributed by atoms with Crippen molar-refractivity contribution in [2.45, 2.75) is 19.7 Å². The molecule has 0 atom stereocenters. The average Bonchev–Trinajstić information content (AvgIpc) is 2.03. The van der Waals surface area contributed by atoms with Crippen LogP contribution in [0.25, 0.3) is 0 Å². The van der Waals surface area contributed by atoms with Gasteiger partial charge in [0.05, 0.1) is 6.54 Å². The lowest BCUT2D eigenvalue weighted by atomic mass is 10.0. The van der Waals surface area contributed by atoms with Crippen LogP contribution < -0.4 is 0 Å². The molecule has 0 unspecified atom stereocenters. The van der Waals surface area contributed by atoms with E-state index in [0.717, 1.165) is 12.7 Å². The Morgan fingerprint density at radius 3 is 2.64 bits per heavy atom. The molecule has 11 heavy (non-hydrogen) atoms. The maximum absolute atomic E-state index is 11.1. The van der Waals surface area contributed by atoms with Crippen LogP contribution in [0.1, 0.15) is 13.3 Å². The first kappa shape index (κ1) is 10.2. The highest BCUT2D eigenvalue weighted by atomic mass is 16.2. The number of hydrogen-bond acceptors (Lipinski definition) is 2. The summed E-state index contributed by atoms with van der Waals surface area (Å²) < 4.78 is 0. The first-order valence-electron chi connectivity index (χ1n) is 3.97. The number of aldehydes is 1. The minimum absolute atomic E-state index is 0.0546. The molecule has 0 spiro atoms. The van der Waals surface area contributed by atoms with Crippen molar-refractivity contribution < 1.29 is 9.59 Å². The van der Waals surface area contributed by atoms with Crippen molar-refractivity contribution in [2.24, 2.45) is 0 Å². The molecular formula is C7H14BNO2. The molecule has 0 N–H and O–H groups in total. The molecule has 0 rings (SSSR count). The van der Waals surface area contributed by atoms with Crippen molar-refractivity contribution in [1.29, 1.82) is 0 Å². The van der Waals surface area contributed by atoms with Gasteiger partial charge >= 0.3 is 0 Å². The van der Waals surface area contributed by atoms with Gasteiger partial charge in [0.25, 0.3) is 0 Å². The van der Waals surface area contributed by atoms with Gasteiger partial charge < -0.3 is 9.69 Å². The molecule has 3 nitrogen and oxygen atoms in total. The fourth-order valence-corrected chi connectivity index (χ4v) is 0.901. The molecule has 0 bridgehead atoms. The molecule has 0 aromatic heterocycles. The zero-order valence-corrected chi connectivity index (χ0v) is 7.17. The highest BCUT2D eigenvalue weighted by Gasteiger charge is 2.07. The van der Waals surface area contributed by atoms with Crippen LogP contribution in [0.2, 0.25) is 6.32 Å². The predicted molar refractivity (Wildman–Crippen MR) is 46.3 cm³/mol. The van der Waals surface area contributed by atoms with Crippen LogP contribution in [0.15, 0.2) is 0 Å². The van der Waals surface area contributed by atoms with E-state index in [1.807, 2.05) is 6.92 Å².